The lowest BCUT2D eigenvalue weighted by molar-refractivity contribution is 0.102. The summed E-state index contributed by atoms with van der Waals surface area (Å²) in [5.74, 6) is 0.852. The second-order valence-electron chi connectivity index (χ2n) is 6.22. The summed E-state index contributed by atoms with van der Waals surface area (Å²) >= 11 is 6.13. The van der Waals surface area contributed by atoms with Crippen LogP contribution in [0, 0.1) is 0 Å². The van der Waals surface area contributed by atoms with Gasteiger partial charge in [-0.25, -0.2) is 4.68 Å². The van der Waals surface area contributed by atoms with E-state index in [9.17, 15) is 9.90 Å². The number of anilines is 1. The Morgan fingerprint density at radius 2 is 1.83 bits per heavy atom. The van der Waals surface area contributed by atoms with Crippen molar-refractivity contribution in [2.24, 2.45) is 0 Å². The molecule has 0 aliphatic rings. The van der Waals surface area contributed by atoms with Gasteiger partial charge >= 0.3 is 0 Å². The molecule has 0 radical (unpaired) electrons. The lowest BCUT2D eigenvalue weighted by Gasteiger charge is -2.14. The van der Waals surface area contributed by atoms with Crippen molar-refractivity contribution >= 4 is 23.2 Å². The Bertz CT molecular complexity index is 1040. The number of methoxy groups -OCH3 is 3. The molecule has 0 spiro atoms. The third-order valence-corrected chi connectivity index (χ3v) is 4.65. The summed E-state index contributed by atoms with van der Waals surface area (Å²) in [6.45, 7) is 0.0956. The normalized spacial score (nSPS) is 11.6. The number of nitrogens with zero attached hydrogens (tertiary/aromatic N) is 3. The molecule has 10 heteroatoms. The number of halogens is 1. The van der Waals surface area contributed by atoms with Crippen molar-refractivity contribution in [3.8, 4) is 17.2 Å². The highest BCUT2D eigenvalue weighted by Crippen LogP contribution is 2.36. The van der Waals surface area contributed by atoms with Gasteiger partial charge in [0, 0.05) is 11.6 Å². The predicted octanol–water partition coefficient (Wildman–Crippen LogP) is 2.94. The molecule has 3 aromatic rings. The van der Waals surface area contributed by atoms with Gasteiger partial charge in [0.25, 0.3) is 5.91 Å². The number of benzene rings is 2. The third kappa shape index (κ3) is 4.64. The first kappa shape index (κ1) is 21.4. The number of ether oxygens (including phenoxy) is 3. The summed E-state index contributed by atoms with van der Waals surface area (Å²) in [4.78, 5) is 12.6. The number of carbonyl (C=O) groups excluding carboxylic acids is 1. The first-order valence-corrected chi connectivity index (χ1v) is 9.28. The number of aliphatic hydroxyl groups is 1. The Morgan fingerprint density at radius 1 is 1.13 bits per heavy atom. The van der Waals surface area contributed by atoms with Crippen LogP contribution in [-0.2, 0) is 6.54 Å². The lowest BCUT2D eigenvalue weighted by atomic mass is 10.1. The summed E-state index contributed by atoms with van der Waals surface area (Å²) in [7, 11) is 4.48. The average molecular weight is 433 g/mol. The summed E-state index contributed by atoms with van der Waals surface area (Å²) in [6, 6.07) is 10.2. The van der Waals surface area contributed by atoms with Crippen molar-refractivity contribution in [3.05, 3.63) is 58.9 Å². The van der Waals surface area contributed by atoms with Crippen LogP contribution in [0.25, 0.3) is 0 Å². The van der Waals surface area contributed by atoms with Crippen LogP contribution in [0.2, 0.25) is 5.02 Å². The fourth-order valence-electron chi connectivity index (χ4n) is 2.85. The van der Waals surface area contributed by atoms with Gasteiger partial charge in [0.15, 0.2) is 5.69 Å². The molecular weight excluding hydrogens is 412 g/mol. The van der Waals surface area contributed by atoms with Gasteiger partial charge in [-0.3, -0.25) is 4.79 Å². The Kier molecular flexibility index (Phi) is 6.76. The molecule has 0 fully saturated rings. The summed E-state index contributed by atoms with van der Waals surface area (Å²) in [5, 5.41) is 21.3. The second-order valence-corrected chi connectivity index (χ2v) is 6.63. The van der Waals surface area contributed by atoms with E-state index in [0.29, 0.717) is 33.5 Å². The topological polar surface area (TPSA) is 108 Å². The molecule has 0 bridgehead atoms. The Labute approximate surface area is 178 Å². The number of hydrogen-bond acceptors (Lipinski definition) is 7. The number of hydrogen-bond donors (Lipinski definition) is 2. The summed E-state index contributed by atoms with van der Waals surface area (Å²) in [5.41, 5.74) is 1.03. The highest BCUT2D eigenvalue weighted by Gasteiger charge is 2.18. The predicted molar refractivity (Wildman–Crippen MR) is 110 cm³/mol. The molecule has 1 aromatic heterocycles. The molecule has 30 heavy (non-hydrogen) atoms. The number of amides is 1. The molecule has 0 saturated carbocycles. The minimum Gasteiger partial charge on any atom is -0.496 e. The number of nitrogens with one attached hydrogen (secondary N) is 1. The maximum absolute atomic E-state index is 12.6. The average Bonchev–Trinajstić information content (AvgIpc) is 3.22. The summed E-state index contributed by atoms with van der Waals surface area (Å²) < 4.78 is 17.1. The van der Waals surface area contributed by atoms with Crippen LogP contribution >= 0.6 is 11.6 Å². The highest BCUT2D eigenvalue weighted by atomic mass is 35.5. The summed E-state index contributed by atoms with van der Waals surface area (Å²) in [6.07, 6.45) is 0.547. The first-order chi connectivity index (χ1) is 14.5. The van der Waals surface area contributed by atoms with E-state index in [4.69, 9.17) is 25.8 Å². The molecule has 0 saturated heterocycles. The van der Waals surface area contributed by atoms with E-state index < -0.39 is 12.0 Å². The highest BCUT2D eigenvalue weighted by molar-refractivity contribution is 6.32. The number of carbonyl (C=O) groups is 1. The Hall–Kier alpha value is -3.30. The number of aromatic nitrogens is 3. The zero-order valence-electron chi connectivity index (χ0n) is 16.6. The molecule has 1 heterocycles. The molecule has 1 unspecified atom stereocenters. The molecule has 0 aliphatic heterocycles. The van der Waals surface area contributed by atoms with Crippen molar-refractivity contribution < 1.29 is 24.1 Å². The van der Waals surface area contributed by atoms with Gasteiger partial charge in [-0.1, -0.05) is 35.0 Å². The lowest BCUT2D eigenvalue weighted by Crippen LogP contribution is -2.13. The second kappa shape index (κ2) is 9.47. The maximum Gasteiger partial charge on any atom is 0.277 e. The van der Waals surface area contributed by atoms with E-state index in [2.05, 4.69) is 15.6 Å². The van der Waals surface area contributed by atoms with Crippen LogP contribution in [0.15, 0.2) is 42.6 Å². The molecular formula is C20H21ClN4O5. The molecule has 3 rings (SSSR count). The van der Waals surface area contributed by atoms with Gasteiger partial charge in [0.05, 0.1) is 44.8 Å². The van der Waals surface area contributed by atoms with Gasteiger partial charge in [-0.05, 0) is 12.1 Å². The van der Waals surface area contributed by atoms with Crippen LogP contribution < -0.4 is 19.5 Å². The van der Waals surface area contributed by atoms with Gasteiger partial charge in [0.1, 0.15) is 23.4 Å². The quantitative estimate of drug-likeness (QED) is 0.563. The van der Waals surface area contributed by atoms with Crippen molar-refractivity contribution in [1.29, 1.82) is 0 Å². The van der Waals surface area contributed by atoms with Crippen molar-refractivity contribution in [3.63, 3.8) is 0 Å². The van der Waals surface area contributed by atoms with E-state index in [1.54, 1.807) is 24.3 Å². The van der Waals surface area contributed by atoms with Crippen LogP contribution in [0.4, 0.5) is 5.69 Å². The smallest absolute Gasteiger partial charge is 0.277 e. The number of para-hydroxylation sites is 1. The number of aliphatic hydroxyl groups excluding tert-OH is 1. The third-order valence-electron chi connectivity index (χ3n) is 4.35. The van der Waals surface area contributed by atoms with E-state index in [-0.39, 0.29) is 12.2 Å². The largest absolute Gasteiger partial charge is 0.496 e. The standard InChI is InChI=1S/C20H21ClN4O5/c1-28-17-7-5-4-6-12(17)16(26)11-25-10-15(23-24-25)20(27)22-14-8-13(21)18(29-2)9-19(14)30-3/h4-10,16,26H,11H2,1-3H3,(H,22,27). The van der Waals surface area contributed by atoms with Crippen LogP contribution in [0.3, 0.4) is 0 Å². The van der Waals surface area contributed by atoms with Crippen molar-refractivity contribution in [2.75, 3.05) is 26.6 Å². The first-order valence-electron chi connectivity index (χ1n) is 8.90. The van der Waals surface area contributed by atoms with E-state index in [0.717, 1.165) is 0 Å². The molecule has 1 atom stereocenters. The van der Waals surface area contributed by atoms with Crippen LogP contribution in [0.5, 0.6) is 17.2 Å². The van der Waals surface area contributed by atoms with Gasteiger partial charge < -0.3 is 24.6 Å². The van der Waals surface area contributed by atoms with Crippen molar-refractivity contribution in [2.45, 2.75) is 12.6 Å². The zero-order valence-corrected chi connectivity index (χ0v) is 17.4. The minimum absolute atomic E-state index is 0.0659. The fraction of sp³-hybridized carbons (Fsp3) is 0.250. The zero-order chi connectivity index (χ0) is 21.7. The van der Waals surface area contributed by atoms with Crippen molar-refractivity contribution in [1.82, 2.24) is 15.0 Å². The molecule has 2 aromatic carbocycles. The van der Waals surface area contributed by atoms with Gasteiger partial charge in [-0.15, -0.1) is 5.10 Å². The Balaban J connectivity index is 1.73. The molecule has 9 nitrogen and oxygen atoms in total. The fourth-order valence-corrected chi connectivity index (χ4v) is 3.09. The monoisotopic (exact) mass is 432 g/mol. The minimum atomic E-state index is -0.890. The molecule has 1 amide bonds. The molecule has 2 N–H and O–H groups in total. The van der Waals surface area contributed by atoms with Gasteiger partial charge in [-0.2, -0.15) is 0 Å². The van der Waals surface area contributed by atoms with Gasteiger partial charge in [0.2, 0.25) is 0 Å². The van der Waals surface area contributed by atoms with Crippen LogP contribution in [0.1, 0.15) is 22.2 Å². The molecule has 0 aliphatic carbocycles. The Morgan fingerprint density at radius 3 is 2.53 bits per heavy atom. The molecule has 158 valence electrons. The van der Waals surface area contributed by atoms with Crippen LogP contribution in [-0.4, -0.2) is 47.3 Å². The number of rotatable bonds is 8. The maximum atomic E-state index is 12.6. The van der Waals surface area contributed by atoms with E-state index in [1.165, 1.54) is 38.3 Å². The van der Waals surface area contributed by atoms with E-state index >= 15 is 0 Å². The van der Waals surface area contributed by atoms with E-state index in [1.807, 2.05) is 6.07 Å². The SMILES string of the molecule is COc1cc(OC)c(NC(=O)c2cn(CC(O)c3ccccc3OC)nn2)cc1Cl.